The molecule has 0 aromatic heterocycles. The molecule has 0 bridgehead atoms. The predicted octanol–water partition coefficient (Wildman–Crippen LogP) is 3.77. The molecule has 0 saturated heterocycles. The Morgan fingerprint density at radius 1 is 1.07 bits per heavy atom. The fraction of sp³-hybridized carbons (Fsp3) is 0.917. The van der Waals surface area contributed by atoms with Crippen molar-refractivity contribution in [3.05, 3.63) is 0 Å². The lowest BCUT2D eigenvalue weighted by Crippen LogP contribution is -2.36. The molecule has 2 nitrogen and oxygen atoms in total. The van der Waals surface area contributed by atoms with Crippen LogP contribution in [0.15, 0.2) is 0 Å². The van der Waals surface area contributed by atoms with Gasteiger partial charge in [-0.15, -0.1) is 0 Å². The van der Waals surface area contributed by atoms with Crippen LogP contribution in [0.3, 0.4) is 0 Å². The van der Waals surface area contributed by atoms with Crippen molar-refractivity contribution < 1.29 is 9.22 Å². The summed E-state index contributed by atoms with van der Waals surface area (Å²) in [6.45, 7) is 9.25. The molecule has 3 heteroatoms. The molecule has 0 rings (SSSR count). The van der Waals surface area contributed by atoms with E-state index in [0.29, 0.717) is 12.2 Å². The minimum atomic E-state index is -1.38. The topological polar surface area (TPSA) is 26.3 Å². The van der Waals surface area contributed by atoms with Crippen molar-refractivity contribution in [3.8, 4) is 0 Å². The second-order valence-corrected chi connectivity index (χ2v) is 9.03. The fourth-order valence-electron chi connectivity index (χ4n) is 1.82. The summed E-state index contributed by atoms with van der Waals surface area (Å²) in [5, 5.41) is 0. The highest BCUT2D eigenvalue weighted by Crippen LogP contribution is 2.21. The van der Waals surface area contributed by atoms with E-state index in [4.69, 9.17) is 4.43 Å². The number of ketones is 1. The van der Waals surface area contributed by atoms with Crippen molar-refractivity contribution in [3.63, 3.8) is 0 Å². The standard InChI is InChI=1S/C12H26O2Si/c1-5-15(6-2,7-3)14-11-9-8-10-12(4)13/h5-11H2,1-4H3. The van der Waals surface area contributed by atoms with E-state index >= 15 is 0 Å². The molecule has 0 aliphatic carbocycles. The molecule has 0 aromatic rings. The first-order valence-electron chi connectivity index (χ1n) is 6.23. The largest absolute Gasteiger partial charge is 0.417 e. The lowest BCUT2D eigenvalue weighted by atomic mass is 10.2. The van der Waals surface area contributed by atoms with Gasteiger partial charge in [-0.1, -0.05) is 20.8 Å². The maximum absolute atomic E-state index is 10.7. The maximum atomic E-state index is 10.7. The second-order valence-electron chi connectivity index (χ2n) is 4.25. The van der Waals surface area contributed by atoms with Gasteiger partial charge >= 0.3 is 0 Å². The Hall–Kier alpha value is -0.153. The number of carbonyl (C=O) groups excluding carboxylic acids is 1. The summed E-state index contributed by atoms with van der Waals surface area (Å²) in [6, 6.07) is 3.64. The minimum Gasteiger partial charge on any atom is -0.417 e. The molecule has 0 saturated carbocycles. The van der Waals surface area contributed by atoms with Crippen molar-refractivity contribution in [2.75, 3.05) is 6.61 Å². The van der Waals surface area contributed by atoms with E-state index in [1.54, 1.807) is 6.92 Å². The van der Waals surface area contributed by atoms with E-state index in [1.165, 1.54) is 18.1 Å². The molecule has 0 aliphatic heterocycles. The Morgan fingerprint density at radius 3 is 2.00 bits per heavy atom. The number of Topliss-reactive ketones (excluding diaryl/α,β-unsaturated/α-hetero) is 1. The van der Waals surface area contributed by atoms with Crippen LogP contribution in [0.5, 0.6) is 0 Å². The van der Waals surface area contributed by atoms with E-state index in [-0.39, 0.29) is 0 Å². The molecule has 90 valence electrons. The zero-order valence-electron chi connectivity index (χ0n) is 10.8. The molecule has 0 radical (unpaired) electrons. The smallest absolute Gasteiger partial charge is 0.191 e. The van der Waals surface area contributed by atoms with Crippen molar-refractivity contribution in [1.82, 2.24) is 0 Å². The van der Waals surface area contributed by atoms with Crippen LogP contribution in [0.4, 0.5) is 0 Å². The lowest BCUT2D eigenvalue weighted by molar-refractivity contribution is -0.117. The molecular formula is C12H26O2Si. The summed E-state index contributed by atoms with van der Waals surface area (Å²) >= 11 is 0. The second kappa shape index (κ2) is 8.05. The first-order valence-corrected chi connectivity index (χ1v) is 8.76. The normalized spacial score (nSPS) is 11.7. The fourth-order valence-corrected chi connectivity index (χ4v) is 4.51. The molecule has 0 heterocycles. The third-order valence-electron chi connectivity index (χ3n) is 3.26. The maximum Gasteiger partial charge on any atom is 0.191 e. The zero-order chi connectivity index (χ0) is 11.7. The third kappa shape index (κ3) is 6.10. The van der Waals surface area contributed by atoms with Gasteiger partial charge in [0.15, 0.2) is 8.32 Å². The Bertz CT molecular complexity index is 168. The summed E-state index contributed by atoms with van der Waals surface area (Å²) in [6.07, 6.45) is 2.73. The molecule has 0 aliphatic rings. The van der Waals surface area contributed by atoms with Crippen molar-refractivity contribution >= 4 is 14.1 Å². The van der Waals surface area contributed by atoms with E-state index < -0.39 is 8.32 Å². The van der Waals surface area contributed by atoms with E-state index in [2.05, 4.69) is 20.8 Å². The molecule has 0 amide bonds. The summed E-state index contributed by atoms with van der Waals surface area (Å²) in [5.41, 5.74) is 0. The molecule has 15 heavy (non-hydrogen) atoms. The van der Waals surface area contributed by atoms with Crippen LogP contribution in [-0.4, -0.2) is 20.7 Å². The lowest BCUT2D eigenvalue weighted by Gasteiger charge is -2.27. The van der Waals surface area contributed by atoms with Crippen LogP contribution < -0.4 is 0 Å². The first kappa shape index (κ1) is 14.8. The first-order chi connectivity index (χ1) is 7.10. The highest BCUT2D eigenvalue weighted by Gasteiger charge is 2.27. The molecule has 0 spiro atoms. The van der Waals surface area contributed by atoms with Crippen LogP contribution in [-0.2, 0) is 9.22 Å². The van der Waals surface area contributed by atoms with Gasteiger partial charge in [-0.2, -0.15) is 0 Å². The molecule has 0 atom stereocenters. The van der Waals surface area contributed by atoms with Gasteiger partial charge < -0.3 is 9.22 Å². The molecule has 0 N–H and O–H groups in total. The van der Waals surface area contributed by atoms with Crippen LogP contribution in [0, 0.1) is 0 Å². The summed E-state index contributed by atoms with van der Waals surface area (Å²) in [4.78, 5) is 10.7. The van der Waals surface area contributed by atoms with Crippen molar-refractivity contribution in [2.45, 2.75) is 65.1 Å². The van der Waals surface area contributed by atoms with Gasteiger partial charge in [-0.3, -0.25) is 0 Å². The van der Waals surface area contributed by atoms with Gasteiger partial charge in [0, 0.05) is 13.0 Å². The predicted molar refractivity (Wildman–Crippen MR) is 67.7 cm³/mol. The van der Waals surface area contributed by atoms with E-state index in [1.807, 2.05) is 0 Å². The number of carbonyl (C=O) groups is 1. The summed E-state index contributed by atoms with van der Waals surface area (Å²) in [7, 11) is -1.38. The third-order valence-corrected chi connectivity index (χ3v) is 7.95. The average Bonchev–Trinajstić information content (AvgIpc) is 2.24. The highest BCUT2D eigenvalue weighted by atomic mass is 28.4. The minimum absolute atomic E-state index is 0.292. The van der Waals surface area contributed by atoms with Gasteiger partial charge in [0.25, 0.3) is 0 Å². The monoisotopic (exact) mass is 230 g/mol. The highest BCUT2D eigenvalue weighted by molar-refractivity contribution is 6.73. The Kier molecular flexibility index (Phi) is 7.97. The number of hydrogen-bond donors (Lipinski definition) is 0. The van der Waals surface area contributed by atoms with Crippen molar-refractivity contribution in [1.29, 1.82) is 0 Å². The summed E-state index contributed by atoms with van der Waals surface area (Å²) in [5.74, 6) is 0.292. The van der Waals surface area contributed by atoms with Gasteiger partial charge in [0.05, 0.1) is 0 Å². The van der Waals surface area contributed by atoms with Crippen LogP contribution in [0.25, 0.3) is 0 Å². The van der Waals surface area contributed by atoms with Gasteiger partial charge in [0.1, 0.15) is 5.78 Å². The number of rotatable bonds is 9. The quantitative estimate of drug-likeness (QED) is 0.445. The molecule has 0 fully saturated rings. The van der Waals surface area contributed by atoms with E-state index in [9.17, 15) is 4.79 Å². The number of unbranched alkanes of at least 4 members (excludes halogenated alkanes) is 1. The SMILES string of the molecule is CC[Si](CC)(CC)OCCCCC(C)=O. The van der Waals surface area contributed by atoms with Crippen LogP contribution in [0.1, 0.15) is 47.0 Å². The van der Waals surface area contributed by atoms with E-state index in [0.717, 1.165) is 19.4 Å². The van der Waals surface area contributed by atoms with Crippen LogP contribution >= 0.6 is 0 Å². The summed E-state index contributed by atoms with van der Waals surface area (Å²) < 4.78 is 6.09. The average molecular weight is 230 g/mol. The van der Waals surface area contributed by atoms with Crippen LogP contribution in [0.2, 0.25) is 18.1 Å². The van der Waals surface area contributed by atoms with Gasteiger partial charge in [0.2, 0.25) is 0 Å². The molecular weight excluding hydrogens is 204 g/mol. The Labute approximate surface area is 95.5 Å². The van der Waals surface area contributed by atoms with Crippen molar-refractivity contribution in [2.24, 2.45) is 0 Å². The Morgan fingerprint density at radius 2 is 1.60 bits per heavy atom. The zero-order valence-corrected chi connectivity index (χ0v) is 11.8. The molecule has 0 aromatic carbocycles. The van der Waals surface area contributed by atoms with Gasteiger partial charge in [-0.05, 0) is 37.9 Å². The molecule has 0 unspecified atom stereocenters. The van der Waals surface area contributed by atoms with Gasteiger partial charge in [-0.25, -0.2) is 0 Å². The Balaban J connectivity index is 3.67. The number of hydrogen-bond acceptors (Lipinski definition) is 2.